The molecule has 0 aliphatic rings. The highest BCUT2D eigenvalue weighted by Crippen LogP contribution is 2.33. The van der Waals surface area contributed by atoms with Crippen molar-refractivity contribution in [3.8, 4) is 5.75 Å². The fraction of sp³-hybridized carbons (Fsp3) is 0.188. The van der Waals surface area contributed by atoms with Crippen LogP contribution in [0.3, 0.4) is 0 Å². The smallest absolute Gasteiger partial charge is 0.299 e. The van der Waals surface area contributed by atoms with Crippen molar-refractivity contribution in [2.75, 3.05) is 5.32 Å². The van der Waals surface area contributed by atoms with Crippen LogP contribution in [0.15, 0.2) is 41.3 Å². The first kappa shape index (κ1) is 19.5. The van der Waals surface area contributed by atoms with Gasteiger partial charge >= 0.3 is 0 Å². The van der Waals surface area contributed by atoms with Gasteiger partial charge in [-0.05, 0) is 38.1 Å². The Bertz CT molecular complexity index is 889. The van der Waals surface area contributed by atoms with Gasteiger partial charge in [0.15, 0.2) is 5.75 Å². The van der Waals surface area contributed by atoms with E-state index in [1.807, 2.05) is 0 Å². The molecule has 0 aliphatic carbocycles. The number of para-hydroxylation sites is 1. The number of hydrogen-bond donors (Lipinski definition) is 2. The lowest BCUT2D eigenvalue weighted by molar-refractivity contribution is 0.102. The summed E-state index contributed by atoms with van der Waals surface area (Å²) in [6.45, 7) is 3.17. The van der Waals surface area contributed by atoms with Gasteiger partial charge in [0.25, 0.3) is 16.0 Å². The average molecular weight is 404 g/mol. The van der Waals surface area contributed by atoms with Gasteiger partial charge in [-0.25, -0.2) is 0 Å². The molecule has 2 aromatic rings. The molecular weight excluding hydrogens is 389 g/mol. The van der Waals surface area contributed by atoms with E-state index in [1.54, 1.807) is 19.9 Å². The van der Waals surface area contributed by atoms with E-state index < -0.39 is 22.1 Å². The fourth-order valence-corrected chi connectivity index (χ4v) is 3.72. The summed E-state index contributed by atoms with van der Waals surface area (Å²) >= 11 is 11.6. The highest BCUT2D eigenvalue weighted by Gasteiger charge is 2.22. The fourth-order valence-electron chi connectivity index (χ4n) is 1.98. The lowest BCUT2D eigenvalue weighted by Crippen LogP contribution is -2.17. The Morgan fingerprint density at radius 1 is 1.16 bits per heavy atom. The van der Waals surface area contributed by atoms with Gasteiger partial charge < -0.3 is 10.4 Å². The van der Waals surface area contributed by atoms with Crippen molar-refractivity contribution in [3.63, 3.8) is 0 Å². The summed E-state index contributed by atoms with van der Waals surface area (Å²) in [7, 11) is -4.05. The summed E-state index contributed by atoms with van der Waals surface area (Å²) < 4.78 is 29.5. The minimum atomic E-state index is -4.05. The lowest BCUT2D eigenvalue weighted by Gasteiger charge is -2.13. The standard InChI is InChI=1S/C16H15Cl2NO5S/c1-9(2)24-25(22,23)14-6-4-3-5-13(14)19-16(21)10-7-11(17)15(20)12(18)8-10/h3-9,20H,1-2H3,(H,19,21). The number of carbonyl (C=O) groups is 1. The molecule has 6 nitrogen and oxygen atoms in total. The summed E-state index contributed by atoms with van der Waals surface area (Å²) in [5, 5.41) is 11.8. The van der Waals surface area contributed by atoms with Crippen LogP contribution in [0.5, 0.6) is 5.75 Å². The summed E-state index contributed by atoms with van der Waals surface area (Å²) in [5.74, 6) is -0.982. The highest BCUT2D eigenvalue weighted by atomic mass is 35.5. The van der Waals surface area contributed by atoms with Crippen molar-refractivity contribution < 1.29 is 22.5 Å². The third kappa shape index (κ3) is 4.64. The highest BCUT2D eigenvalue weighted by molar-refractivity contribution is 7.87. The van der Waals surface area contributed by atoms with E-state index in [4.69, 9.17) is 27.4 Å². The molecule has 0 unspecified atom stereocenters. The van der Waals surface area contributed by atoms with E-state index in [0.717, 1.165) is 0 Å². The van der Waals surface area contributed by atoms with Crippen molar-refractivity contribution in [2.45, 2.75) is 24.8 Å². The zero-order valence-corrected chi connectivity index (χ0v) is 15.6. The largest absolute Gasteiger partial charge is 0.505 e. The Labute approximate surface area is 155 Å². The monoisotopic (exact) mass is 403 g/mol. The van der Waals surface area contributed by atoms with Gasteiger partial charge in [-0.15, -0.1) is 0 Å². The maximum absolute atomic E-state index is 12.4. The maximum atomic E-state index is 12.4. The van der Waals surface area contributed by atoms with E-state index >= 15 is 0 Å². The van der Waals surface area contributed by atoms with Crippen LogP contribution in [0.1, 0.15) is 24.2 Å². The molecule has 0 bridgehead atoms. The van der Waals surface area contributed by atoms with Crippen molar-refractivity contribution in [1.82, 2.24) is 0 Å². The molecular formula is C16H15Cl2NO5S. The molecule has 0 heterocycles. The van der Waals surface area contributed by atoms with Gasteiger partial charge in [0, 0.05) is 5.56 Å². The van der Waals surface area contributed by atoms with E-state index in [0.29, 0.717) is 0 Å². The van der Waals surface area contributed by atoms with Crippen molar-refractivity contribution >= 4 is 44.9 Å². The molecule has 0 fully saturated rings. The number of halogens is 2. The first-order valence-electron chi connectivity index (χ1n) is 7.13. The summed E-state index contributed by atoms with van der Waals surface area (Å²) in [4.78, 5) is 12.2. The first-order chi connectivity index (χ1) is 11.6. The van der Waals surface area contributed by atoms with Crippen molar-refractivity contribution in [2.24, 2.45) is 0 Å². The SMILES string of the molecule is CC(C)OS(=O)(=O)c1ccccc1NC(=O)c1cc(Cl)c(O)c(Cl)c1. The van der Waals surface area contributed by atoms with Crippen LogP contribution >= 0.6 is 23.2 Å². The summed E-state index contributed by atoms with van der Waals surface area (Å²) in [6, 6.07) is 8.28. The predicted molar refractivity (Wildman–Crippen MR) is 95.9 cm³/mol. The predicted octanol–water partition coefficient (Wildman–Crippen LogP) is 4.07. The number of phenols is 1. The molecule has 0 saturated heterocycles. The normalized spacial score (nSPS) is 11.6. The zero-order valence-electron chi connectivity index (χ0n) is 13.3. The van der Waals surface area contributed by atoms with Gasteiger partial charge in [-0.3, -0.25) is 8.98 Å². The number of phenolic OH excluding ortho intramolecular Hbond substituents is 1. The Hall–Kier alpha value is -1.80. The van der Waals surface area contributed by atoms with Crippen LogP contribution in [-0.4, -0.2) is 25.5 Å². The number of aromatic hydroxyl groups is 1. The average Bonchev–Trinajstić information content (AvgIpc) is 2.51. The molecule has 2 N–H and O–H groups in total. The molecule has 0 atom stereocenters. The molecule has 0 aromatic heterocycles. The number of nitrogens with one attached hydrogen (secondary N) is 1. The Balaban J connectivity index is 2.37. The number of amides is 1. The van der Waals surface area contributed by atoms with Crippen molar-refractivity contribution in [3.05, 3.63) is 52.0 Å². The quantitative estimate of drug-likeness (QED) is 0.733. The zero-order chi connectivity index (χ0) is 18.8. The molecule has 2 rings (SSSR count). The van der Waals surface area contributed by atoms with E-state index in [1.165, 1.54) is 30.3 Å². The lowest BCUT2D eigenvalue weighted by atomic mass is 10.2. The van der Waals surface area contributed by atoms with Gasteiger partial charge in [0.2, 0.25) is 0 Å². The molecule has 134 valence electrons. The topological polar surface area (TPSA) is 92.7 Å². The second-order valence-electron chi connectivity index (χ2n) is 5.34. The number of hydrogen-bond acceptors (Lipinski definition) is 5. The van der Waals surface area contributed by atoms with Gasteiger partial charge in [-0.1, -0.05) is 35.3 Å². The molecule has 0 aliphatic heterocycles. The van der Waals surface area contributed by atoms with Gasteiger partial charge in [0.05, 0.1) is 21.8 Å². The van der Waals surface area contributed by atoms with E-state index in [9.17, 15) is 18.3 Å². The molecule has 0 radical (unpaired) electrons. The van der Waals surface area contributed by atoms with E-state index in [2.05, 4.69) is 5.32 Å². The maximum Gasteiger partial charge on any atom is 0.299 e. The second kappa shape index (κ2) is 7.61. The summed E-state index contributed by atoms with van der Waals surface area (Å²) in [5.41, 5.74) is 0.109. The number of anilines is 1. The van der Waals surface area contributed by atoms with Gasteiger partial charge in [-0.2, -0.15) is 8.42 Å². The minimum Gasteiger partial charge on any atom is -0.505 e. The van der Waals surface area contributed by atoms with Crippen LogP contribution in [0.2, 0.25) is 10.0 Å². The van der Waals surface area contributed by atoms with Crippen LogP contribution in [0.25, 0.3) is 0 Å². The molecule has 1 amide bonds. The van der Waals surface area contributed by atoms with Crippen LogP contribution < -0.4 is 5.32 Å². The molecule has 2 aromatic carbocycles. The molecule has 0 spiro atoms. The number of carbonyl (C=O) groups excluding carboxylic acids is 1. The Kier molecular flexibility index (Phi) is 5.95. The van der Waals surface area contributed by atoms with E-state index in [-0.39, 0.29) is 31.9 Å². The first-order valence-corrected chi connectivity index (χ1v) is 9.30. The second-order valence-corrected chi connectivity index (χ2v) is 7.69. The Morgan fingerprint density at radius 3 is 2.28 bits per heavy atom. The molecule has 25 heavy (non-hydrogen) atoms. The molecule has 9 heteroatoms. The molecule has 0 saturated carbocycles. The van der Waals surface area contributed by atoms with Gasteiger partial charge in [0.1, 0.15) is 4.90 Å². The van der Waals surface area contributed by atoms with Crippen LogP contribution in [0, 0.1) is 0 Å². The summed E-state index contributed by atoms with van der Waals surface area (Å²) in [6.07, 6.45) is -0.552. The van der Waals surface area contributed by atoms with Crippen molar-refractivity contribution in [1.29, 1.82) is 0 Å². The van der Waals surface area contributed by atoms with Crippen LogP contribution in [-0.2, 0) is 14.3 Å². The van der Waals surface area contributed by atoms with Crippen LogP contribution in [0.4, 0.5) is 5.69 Å². The third-order valence-corrected chi connectivity index (χ3v) is 5.11. The third-order valence-electron chi connectivity index (χ3n) is 3.00. The number of benzene rings is 2. The number of rotatable bonds is 5. The Morgan fingerprint density at radius 2 is 1.72 bits per heavy atom. The minimum absolute atomic E-state index is 0.0495.